The van der Waals surface area contributed by atoms with E-state index < -0.39 is 37.3 Å². The summed E-state index contributed by atoms with van der Waals surface area (Å²) in [6, 6.07) is 0. The number of hydrogen-bond donors (Lipinski definition) is 5. The van der Waals surface area contributed by atoms with Gasteiger partial charge in [0.15, 0.2) is 6.29 Å². The summed E-state index contributed by atoms with van der Waals surface area (Å²) in [6.07, 6.45) is -6.29. The molecule has 21 heavy (non-hydrogen) atoms. The molecule has 1 heterocycles. The second-order valence-corrected chi connectivity index (χ2v) is 4.96. The van der Waals surface area contributed by atoms with Crippen LogP contribution in [-0.2, 0) is 18.9 Å². The molecule has 9 heteroatoms. The van der Waals surface area contributed by atoms with Gasteiger partial charge in [0.1, 0.15) is 24.4 Å². The highest BCUT2D eigenvalue weighted by Gasteiger charge is 2.43. The minimum Gasteiger partial charge on any atom is -0.394 e. The van der Waals surface area contributed by atoms with Crippen LogP contribution in [0.4, 0.5) is 0 Å². The molecule has 0 unspecified atom stereocenters. The third-order valence-corrected chi connectivity index (χ3v) is 3.15. The first-order valence-electron chi connectivity index (χ1n) is 6.80. The molecule has 0 aromatic rings. The van der Waals surface area contributed by atoms with Gasteiger partial charge in [-0.1, -0.05) is 0 Å². The minimum absolute atomic E-state index is 0.134. The van der Waals surface area contributed by atoms with Crippen LogP contribution < -0.4 is 0 Å². The van der Waals surface area contributed by atoms with Crippen molar-refractivity contribution in [2.75, 3.05) is 45.4 Å². The number of ether oxygens (including phenoxy) is 4. The molecule has 0 aromatic heterocycles. The van der Waals surface area contributed by atoms with Crippen LogP contribution >= 0.6 is 12.6 Å². The Balaban J connectivity index is 2.16. The van der Waals surface area contributed by atoms with Gasteiger partial charge in [-0.3, -0.25) is 0 Å². The Morgan fingerprint density at radius 1 is 0.857 bits per heavy atom. The van der Waals surface area contributed by atoms with E-state index in [9.17, 15) is 15.3 Å². The first kappa shape index (κ1) is 19.1. The molecule has 0 saturated carbocycles. The fourth-order valence-corrected chi connectivity index (χ4v) is 1.94. The SMILES string of the molecule is OC[C@H]1O[C@H](OCCOCCOCCS)[C@@H](O)[C@@H](O)[C@@H]1O. The van der Waals surface area contributed by atoms with Gasteiger partial charge in [0.05, 0.1) is 39.6 Å². The van der Waals surface area contributed by atoms with Crippen molar-refractivity contribution in [2.24, 2.45) is 0 Å². The van der Waals surface area contributed by atoms with E-state index in [0.29, 0.717) is 25.6 Å². The van der Waals surface area contributed by atoms with E-state index in [4.69, 9.17) is 24.1 Å². The summed E-state index contributed by atoms with van der Waals surface area (Å²) >= 11 is 4.00. The molecule has 0 spiro atoms. The van der Waals surface area contributed by atoms with Gasteiger partial charge in [-0.2, -0.15) is 12.6 Å². The van der Waals surface area contributed by atoms with Crippen LogP contribution in [0.1, 0.15) is 0 Å². The van der Waals surface area contributed by atoms with Crippen molar-refractivity contribution in [3.8, 4) is 0 Å². The highest BCUT2D eigenvalue weighted by atomic mass is 32.1. The average molecular weight is 328 g/mol. The van der Waals surface area contributed by atoms with E-state index in [0.717, 1.165) is 0 Å². The van der Waals surface area contributed by atoms with Crippen LogP contribution in [0.2, 0.25) is 0 Å². The minimum atomic E-state index is -1.43. The molecule has 8 nitrogen and oxygen atoms in total. The second kappa shape index (κ2) is 10.7. The highest BCUT2D eigenvalue weighted by molar-refractivity contribution is 7.80. The van der Waals surface area contributed by atoms with E-state index in [-0.39, 0.29) is 13.2 Å². The van der Waals surface area contributed by atoms with Crippen molar-refractivity contribution in [1.82, 2.24) is 0 Å². The lowest BCUT2D eigenvalue weighted by atomic mass is 9.99. The molecule has 1 aliphatic rings. The number of hydrogen-bond acceptors (Lipinski definition) is 9. The molecule has 1 saturated heterocycles. The van der Waals surface area contributed by atoms with Gasteiger partial charge in [0.25, 0.3) is 0 Å². The molecule has 126 valence electrons. The molecular formula is C12H24O8S. The van der Waals surface area contributed by atoms with Gasteiger partial charge in [0, 0.05) is 5.75 Å². The Hall–Kier alpha value is 0.0300. The quantitative estimate of drug-likeness (QED) is 0.226. The van der Waals surface area contributed by atoms with Crippen LogP contribution in [0.25, 0.3) is 0 Å². The van der Waals surface area contributed by atoms with Crippen molar-refractivity contribution in [3.05, 3.63) is 0 Å². The fourth-order valence-electron chi connectivity index (χ4n) is 1.81. The van der Waals surface area contributed by atoms with Crippen LogP contribution in [0, 0.1) is 0 Å². The van der Waals surface area contributed by atoms with Crippen molar-refractivity contribution in [1.29, 1.82) is 0 Å². The maximum Gasteiger partial charge on any atom is 0.186 e. The fraction of sp³-hybridized carbons (Fsp3) is 1.00. The van der Waals surface area contributed by atoms with Gasteiger partial charge in [-0.05, 0) is 0 Å². The van der Waals surface area contributed by atoms with Crippen molar-refractivity contribution >= 4 is 12.6 Å². The first-order valence-corrected chi connectivity index (χ1v) is 7.43. The lowest BCUT2D eigenvalue weighted by molar-refractivity contribution is -0.302. The van der Waals surface area contributed by atoms with Crippen LogP contribution in [-0.4, -0.2) is 96.5 Å². The van der Waals surface area contributed by atoms with Gasteiger partial charge in [-0.25, -0.2) is 0 Å². The lowest BCUT2D eigenvalue weighted by Gasteiger charge is -2.39. The molecule has 0 radical (unpaired) electrons. The van der Waals surface area contributed by atoms with Gasteiger partial charge >= 0.3 is 0 Å². The molecule has 0 aliphatic carbocycles. The number of rotatable bonds is 10. The van der Waals surface area contributed by atoms with E-state index in [1.165, 1.54) is 0 Å². The number of thiol groups is 1. The third-order valence-electron chi connectivity index (χ3n) is 2.97. The summed E-state index contributed by atoms with van der Waals surface area (Å²) in [7, 11) is 0. The normalized spacial score (nSPS) is 33.3. The molecule has 0 amide bonds. The van der Waals surface area contributed by atoms with E-state index in [1.54, 1.807) is 0 Å². The smallest absolute Gasteiger partial charge is 0.186 e. The van der Waals surface area contributed by atoms with Gasteiger partial charge in [0.2, 0.25) is 0 Å². The molecule has 5 atom stereocenters. The second-order valence-electron chi connectivity index (χ2n) is 4.52. The summed E-state index contributed by atoms with van der Waals surface area (Å²) in [5, 5.41) is 37.9. The molecule has 1 rings (SSSR count). The Morgan fingerprint density at radius 3 is 2.10 bits per heavy atom. The number of aliphatic hydroxyl groups excluding tert-OH is 4. The number of aliphatic hydroxyl groups is 4. The van der Waals surface area contributed by atoms with Crippen LogP contribution in [0.5, 0.6) is 0 Å². The monoisotopic (exact) mass is 328 g/mol. The maximum absolute atomic E-state index is 9.71. The average Bonchev–Trinajstić information content (AvgIpc) is 2.49. The standard InChI is InChI=1S/C12H24O8S/c13-7-8-9(14)10(15)11(16)12(20-8)19-4-3-17-1-2-18-5-6-21/h8-16,21H,1-7H2/t8-,9-,10+,11+,12+/m1/s1. The van der Waals surface area contributed by atoms with E-state index in [1.807, 2.05) is 0 Å². The lowest BCUT2D eigenvalue weighted by Crippen LogP contribution is -2.59. The summed E-state index contributed by atoms with van der Waals surface area (Å²) in [5.74, 6) is 0.653. The molecule has 4 N–H and O–H groups in total. The van der Waals surface area contributed by atoms with Crippen molar-refractivity contribution in [2.45, 2.75) is 30.7 Å². The van der Waals surface area contributed by atoms with E-state index in [2.05, 4.69) is 12.6 Å². The molecule has 1 fully saturated rings. The van der Waals surface area contributed by atoms with Crippen molar-refractivity contribution < 1.29 is 39.4 Å². The maximum atomic E-state index is 9.71. The van der Waals surface area contributed by atoms with Gasteiger partial charge in [-0.15, -0.1) is 0 Å². The first-order chi connectivity index (χ1) is 10.1. The van der Waals surface area contributed by atoms with E-state index >= 15 is 0 Å². The topological polar surface area (TPSA) is 118 Å². The Morgan fingerprint density at radius 2 is 1.48 bits per heavy atom. The van der Waals surface area contributed by atoms with Crippen LogP contribution in [0.3, 0.4) is 0 Å². The summed E-state index contributed by atoms with van der Waals surface area (Å²) < 4.78 is 20.8. The molecular weight excluding hydrogens is 304 g/mol. The Kier molecular flexibility index (Phi) is 9.73. The predicted octanol–water partition coefficient (Wildman–Crippen LogP) is -2.23. The molecule has 0 bridgehead atoms. The Bertz CT molecular complexity index is 268. The summed E-state index contributed by atoms with van der Waals surface area (Å²) in [5.41, 5.74) is 0. The largest absolute Gasteiger partial charge is 0.394 e. The zero-order valence-corrected chi connectivity index (χ0v) is 12.6. The van der Waals surface area contributed by atoms with Gasteiger partial charge < -0.3 is 39.4 Å². The Labute approximate surface area is 129 Å². The van der Waals surface area contributed by atoms with Crippen LogP contribution in [0.15, 0.2) is 0 Å². The molecule has 1 aliphatic heterocycles. The zero-order valence-electron chi connectivity index (χ0n) is 11.7. The highest BCUT2D eigenvalue weighted by Crippen LogP contribution is 2.21. The van der Waals surface area contributed by atoms with Crippen molar-refractivity contribution in [3.63, 3.8) is 0 Å². The summed E-state index contributed by atoms with van der Waals surface area (Å²) in [6.45, 7) is 1.35. The zero-order chi connectivity index (χ0) is 15.7. The predicted molar refractivity (Wildman–Crippen MR) is 75.2 cm³/mol. The third kappa shape index (κ3) is 6.35. The molecule has 0 aromatic carbocycles. The summed E-state index contributed by atoms with van der Waals surface area (Å²) in [4.78, 5) is 0.